The van der Waals surface area contributed by atoms with Crippen molar-refractivity contribution in [3.8, 4) is 5.69 Å². The number of anilines is 1. The lowest BCUT2D eigenvalue weighted by molar-refractivity contribution is 0.583. The molecule has 8 nitrogen and oxygen atoms in total. The molecule has 3 aromatic heterocycles. The molecule has 5 rings (SSSR count). The number of nitrogens with one attached hydrogen (secondary N) is 1. The highest BCUT2D eigenvalue weighted by Crippen LogP contribution is 2.21. The highest BCUT2D eigenvalue weighted by atomic mass is 19.1. The first kappa shape index (κ1) is 21.6. The van der Waals surface area contributed by atoms with E-state index < -0.39 is 11.2 Å². The molecule has 0 aliphatic rings. The van der Waals surface area contributed by atoms with Crippen molar-refractivity contribution >= 4 is 22.6 Å². The Morgan fingerprint density at radius 1 is 0.971 bits per heavy atom. The van der Waals surface area contributed by atoms with Gasteiger partial charge in [-0.25, -0.2) is 13.6 Å². The molecule has 0 fully saturated rings. The van der Waals surface area contributed by atoms with Gasteiger partial charge < -0.3 is 5.32 Å². The monoisotopic (exact) mass is 464 g/mol. The van der Waals surface area contributed by atoms with E-state index in [4.69, 9.17) is 0 Å². The normalized spacial score (nSPS) is 11.5. The Bertz CT molecular complexity index is 1630. The van der Waals surface area contributed by atoms with E-state index in [1.165, 1.54) is 33.4 Å². The number of hydrogen-bond donors (Lipinski definition) is 1. The van der Waals surface area contributed by atoms with Crippen LogP contribution in [0.4, 0.5) is 14.5 Å². The van der Waals surface area contributed by atoms with Crippen molar-refractivity contribution in [1.82, 2.24) is 23.1 Å². The Morgan fingerprint density at radius 2 is 1.62 bits per heavy atom. The molecule has 0 aliphatic heterocycles. The van der Waals surface area contributed by atoms with Crippen LogP contribution in [-0.2, 0) is 13.6 Å². The highest BCUT2D eigenvalue weighted by molar-refractivity contribution is 5.76. The van der Waals surface area contributed by atoms with Gasteiger partial charge in [0.2, 0.25) is 5.78 Å². The van der Waals surface area contributed by atoms with Crippen LogP contribution in [-0.4, -0.2) is 29.6 Å². The smallest absolute Gasteiger partial charge is 0.332 e. The third kappa shape index (κ3) is 3.57. The fourth-order valence-electron chi connectivity index (χ4n) is 4.15. The van der Waals surface area contributed by atoms with Crippen LogP contribution in [0.5, 0.6) is 0 Å². The van der Waals surface area contributed by atoms with Crippen molar-refractivity contribution in [2.24, 2.45) is 7.05 Å². The first-order valence-electron chi connectivity index (χ1n) is 10.8. The van der Waals surface area contributed by atoms with Crippen LogP contribution < -0.4 is 16.6 Å². The number of hydrogen-bond acceptors (Lipinski definition) is 4. The van der Waals surface area contributed by atoms with Gasteiger partial charge in [0.1, 0.15) is 11.6 Å². The molecular formula is C24H22F2N6O2. The molecule has 2 aromatic carbocycles. The van der Waals surface area contributed by atoms with Gasteiger partial charge in [0.05, 0.1) is 0 Å². The summed E-state index contributed by atoms with van der Waals surface area (Å²) in [6.45, 7) is 2.58. The van der Waals surface area contributed by atoms with Gasteiger partial charge in [-0.1, -0.05) is 0 Å². The molecule has 0 spiro atoms. The van der Waals surface area contributed by atoms with E-state index in [2.05, 4.69) is 10.3 Å². The molecule has 1 N–H and O–H groups in total. The van der Waals surface area contributed by atoms with Crippen LogP contribution in [0.3, 0.4) is 0 Å². The maximum atomic E-state index is 13.4. The standard InChI is InChI=1S/C24H22F2N6O2/c1-15-14-31-20-21(28-23(31)32(15)19-10-6-17(26)7-11-19)29(2)24(34)30(22(20)33)13-3-12-27-18-8-4-16(25)5-9-18/h4-11,14,27H,3,12-13H2,1-2H3. The minimum Gasteiger partial charge on any atom is -0.385 e. The number of aryl methyl sites for hydroxylation is 2. The third-order valence-electron chi connectivity index (χ3n) is 5.84. The zero-order chi connectivity index (χ0) is 24.0. The topological polar surface area (TPSA) is 78.3 Å². The second-order valence-electron chi connectivity index (χ2n) is 8.12. The van der Waals surface area contributed by atoms with Crippen molar-refractivity contribution in [2.75, 3.05) is 11.9 Å². The molecule has 0 atom stereocenters. The molecule has 0 unspecified atom stereocenters. The van der Waals surface area contributed by atoms with Crippen molar-refractivity contribution in [2.45, 2.75) is 19.9 Å². The van der Waals surface area contributed by atoms with Crippen molar-refractivity contribution in [3.63, 3.8) is 0 Å². The second-order valence-corrected chi connectivity index (χ2v) is 8.12. The SMILES string of the molecule is Cc1cn2c3c(=O)n(CCCNc4ccc(F)cc4)c(=O)n(C)c3nc2n1-c1ccc(F)cc1. The quantitative estimate of drug-likeness (QED) is 0.392. The zero-order valence-corrected chi connectivity index (χ0v) is 18.6. The summed E-state index contributed by atoms with van der Waals surface area (Å²) >= 11 is 0. The Morgan fingerprint density at radius 3 is 2.29 bits per heavy atom. The molecule has 0 saturated carbocycles. The van der Waals surface area contributed by atoms with Gasteiger partial charge in [0.15, 0.2) is 11.2 Å². The maximum absolute atomic E-state index is 13.4. The van der Waals surface area contributed by atoms with Crippen LogP contribution in [0.2, 0.25) is 0 Å². The minimum absolute atomic E-state index is 0.209. The number of imidazole rings is 2. The summed E-state index contributed by atoms with van der Waals surface area (Å²) in [7, 11) is 1.58. The minimum atomic E-state index is -0.454. The first-order valence-corrected chi connectivity index (χ1v) is 10.8. The predicted molar refractivity (Wildman–Crippen MR) is 126 cm³/mol. The Kier molecular flexibility index (Phi) is 5.27. The Balaban J connectivity index is 1.51. The summed E-state index contributed by atoms with van der Waals surface area (Å²) in [6.07, 6.45) is 2.29. The fourth-order valence-corrected chi connectivity index (χ4v) is 4.15. The van der Waals surface area contributed by atoms with Crippen LogP contribution in [0, 0.1) is 18.6 Å². The van der Waals surface area contributed by atoms with E-state index in [-0.39, 0.29) is 23.8 Å². The molecule has 0 bridgehead atoms. The van der Waals surface area contributed by atoms with E-state index in [0.29, 0.717) is 29.9 Å². The van der Waals surface area contributed by atoms with Gasteiger partial charge in [-0.05, 0) is 61.9 Å². The Labute approximate surface area is 192 Å². The summed E-state index contributed by atoms with van der Waals surface area (Å²) < 4.78 is 32.5. The first-order chi connectivity index (χ1) is 16.3. The lowest BCUT2D eigenvalue weighted by Gasteiger charge is -2.09. The third-order valence-corrected chi connectivity index (χ3v) is 5.84. The van der Waals surface area contributed by atoms with Crippen LogP contribution in [0.25, 0.3) is 22.6 Å². The van der Waals surface area contributed by atoms with E-state index in [1.54, 1.807) is 46.5 Å². The number of nitrogens with zero attached hydrogens (tertiary/aromatic N) is 5. The van der Waals surface area contributed by atoms with E-state index >= 15 is 0 Å². The summed E-state index contributed by atoms with van der Waals surface area (Å²) in [5, 5.41) is 3.15. The van der Waals surface area contributed by atoms with Gasteiger partial charge in [0, 0.05) is 43.4 Å². The largest absolute Gasteiger partial charge is 0.385 e. The van der Waals surface area contributed by atoms with Gasteiger partial charge >= 0.3 is 5.69 Å². The van der Waals surface area contributed by atoms with E-state index in [0.717, 1.165) is 11.4 Å². The molecular weight excluding hydrogens is 442 g/mol. The van der Waals surface area contributed by atoms with Crippen LogP contribution >= 0.6 is 0 Å². The lowest BCUT2D eigenvalue weighted by atomic mass is 10.3. The van der Waals surface area contributed by atoms with Crippen molar-refractivity contribution < 1.29 is 8.78 Å². The second kappa shape index (κ2) is 8.29. The van der Waals surface area contributed by atoms with E-state index in [1.807, 2.05) is 6.92 Å². The Hall–Kier alpha value is -4.21. The van der Waals surface area contributed by atoms with Crippen molar-refractivity contribution in [1.29, 1.82) is 0 Å². The molecule has 0 aliphatic carbocycles. The summed E-state index contributed by atoms with van der Waals surface area (Å²) in [4.78, 5) is 30.9. The fraction of sp³-hybridized carbons (Fsp3) is 0.208. The van der Waals surface area contributed by atoms with Gasteiger partial charge in [-0.3, -0.25) is 22.9 Å². The average molecular weight is 464 g/mol. The predicted octanol–water partition coefficient (Wildman–Crippen LogP) is 3.23. The van der Waals surface area contributed by atoms with Gasteiger partial charge in [-0.2, -0.15) is 4.98 Å². The number of fused-ring (bicyclic) bond motifs is 3. The molecule has 5 aromatic rings. The van der Waals surface area contributed by atoms with Crippen LogP contribution in [0.15, 0.2) is 64.3 Å². The average Bonchev–Trinajstić information content (AvgIpc) is 3.33. The number of rotatable bonds is 6. The molecule has 3 heterocycles. The van der Waals surface area contributed by atoms with E-state index in [9.17, 15) is 18.4 Å². The highest BCUT2D eigenvalue weighted by Gasteiger charge is 2.20. The van der Waals surface area contributed by atoms with Gasteiger partial charge in [-0.15, -0.1) is 0 Å². The summed E-state index contributed by atoms with van der Waals surface area (Å²) in [6, 6.07) is 12.0. The van der Waals surface area contributed by atoms with Gasteiger partial charge in [0.25, 0.3) is 5.56 Å². The summed E-state index contributed by atoms with van der Waals surface area (Å²) in [5.74, 6) is -0.205. The molecule has 0 saturated heterocycles. The molecule has 174 valence electrons. The number of aromatic nitrogens is 5. The van der Waals surface area contributed by atoms with Crippen LogP contribution in [0.1, 0.15) is 12.1 Å². The maximum Gasteiger partial charge on any atom is 0.332 e. The molecule has 34 heavy (non-hydrogen) atoms. The molecule has 0 radical (unpaired) electrons. The zero-order valence-electron chi connectivity index (χ0n) is 18.6. The van der Waals surface area contributed by atoms with Crippen molar-refractivity contribution in [3.05, 3.63) is 92.9 Å². The number of benzene rings is 2. The lowest BCUT2D eigenvalue weighted by Crippen LogP contribution is -2.39. The summed E-state index contributed by atoms with van der Waals surface area (Å²) in [5.41, 5.74) is 1.95. The number of halogens is 2. The molecule has 10 heteroatoms. The molecule has 0 amide bonds.